The van der Waals surface area contributed by atoms with Crippen molar-refractivity contribution in [3.8, 4) is 0 Å². The minimum atomic E-state index is -3.69. The molecule has 0 amide bonds. The van der Waals surface area contributed by atoms with Crippen LogP contribution in [-0.2, 0) is 10.0 Å². The van der Waals surface area contributed by atoms with Gasteiger partial charge in [0.2, 0.25) is 10.0 Å². The van der Waals surface area contributed by atoms with E-state index in [9.17, 15) is 8.42 Å². The summed E-state index contributed by atoms with van der Waals surface area (Å²) in [4.78, 5) is 4.86. The van der Waals surface area contributed by atoms with Gasteiger partial charge in [-0.05, 0) is 23.9 Å². The summed E-state index contributed by atoms with van der Waals surface area (Å²) in [6.07, 6.45) is 3.41. The van der Waals surface area contributed by atoms with Crippen LogP contribution in [0.4, 0.5) is 5.69 Å². The van der Waals surface area contributed by atoms with Crippen LogP contribution in [0, 0.1) is 0 Å². The summed E-state index contributed by atoms with van der Waals surface area (Å²) in [6, 6.07) is 5.06. The van der Waals surface area contributed by atoms with E-state index >= 15 is 0 Å². The molecule has 2 aromatic rings. The number of hydrogen-bond donors (Lipinski definition) is 3. The molecule has 108 valence electrons. The van der Waals surface area contributed by atoms with E-state index in [2.05, 4.69) is 15.1 Å². The second kappa shape index (κ2) is 6.31. The van der Waals surface area contributed by atoms with Gasteiger partial charge in [0, 0.05) is 17.3 Å². The van der Waals surface area contributed by atoms with Crippen LogP contribution in [-0.4, -0.2) is 13.4 Å². The average molecular weight is 312 g/mol. The van der Waals surface area contributed by atoms with E-state index in [0.29, 0.717) is 12.1 Å². The standard InChI is InChI=1S/C12H16N4O2S2/c1-2-9(11-4-3-7-19-11)16-20(17,18)12-8-14-6-5-10(12)15-13/h3-9,16H,2,13H2,1H3,(H,14,15). The first-order chi connectivity index (χ1) is 9.58. The summed E-state index contributed by atoms with van der Waals surface area (Å²) in [5.41, 5.74) is 2.68. The Morgan fingerprint density at radius 1 is 1.45 bits per heavy atom. The van der Waals surface area contributed by atoms with Gasteiger partial charge in [0.15, 0.2) is 0 Å². The number of nitrogen functional groups attached to an aromatic ring is 1. The van der Waals surface area contributed by atoms with Gasteiger partial charge >= 0.3 is 0 Å². The molecular formula is C12H16N4O2S2. The number of hydrazine groups is 1. The molecule has 0 fully saturated rings. The van der Waals surface area contributed by atoms with E-state index in [1.54, 1.807) is 0 Å². The Balaban J connectivity index is 2.31. The van der Waals surface area contributed by atoms with E-state index in [1.165, 1.54) is 29.8 Å². The normalized spacial score (nSPS) is 13.1. The van der Waals surface area contributed by atoms with Crippen molar-refractivity contribution in [2.45, 2.75) is 24.3 Å². The van der Waals surface area contributed by atoms with Crippen molar-refractivity contribution in [1.82, 2.24) is 9.71 Å². The average Bonchev–Trinajstić information content (AvgIpc) is 2.98. The highest BCUT2D eigenvalue weighted by molar-refractivity contribution is 7.89. The maximum Gasteiger partial charge on any atom is 0.244 e. The highest BCUT2D eigenvalue weighted by atomic mass is 32.2. The van der Waals surface area contributed by atoms with Crippen LogP contribution >= 0.6 is 11.3 Å². The van der Waals surface area contributed by atoms with Crippen molar-refractivity contribution >= 4 is 27.0 Å². The zero-order valence-electron chi connectivity index (χ0n) is 10.9. The molecule has 0 saturated carbocycles. The first-order valence-electron chi connectivity index (χ1n) is 6.05. The lowest BCUT2D eigenvalue weighted by Gasteiger charge is -2.17. The van der Waals surface area contributed by atoms with Gasteiger partial charge in [0.1, 0.15) is 4.90 Å². The van der Waals surface area contributed by atoms with Crippen LogP contribution in [0.2, 0.25) is 0 Å². The summed E-state index contributed by atoms with van der Waals surface area (Å²) in [5, 5.41) is 1.92. The van der Waals surface area contributed by atoms with Gasteiger partial charge in [0.05, 0.1) is 11.7 Å². The first kappa shape index (κ1) is 14.9. The van der Waals surface area contributed by atoms with Gasteiger partial charge in [-0.2, -0.15) is 0 Å². The molecular weight excluding hydrogens is 296 g/mol. The van der Waals surface area contributed by atoms with Crippen molar-refractivity contribution < 1.29 is 8.42 Å². The van der Waals surface area contributed by atoms with Crippen LogP contribution in [0.3, 0.4) is 0 Å². The lowest BCUT2D eigenvalue weighted by atomic mass is 10.2. The topological polar surface area (TPSA) is 97.1 Å². The van der Waals surface area contributed by atoms with Gasteiger partial charge < -0.3 is 5.43 Å². The fraction of sp³-hybridized carbons (Fsp3) is 0.250. The molecule has 0 bridgehead atoms. The highest BCUT2D eigenvalue weighted by Gasteiger charge is 2.23. The number of pyridine rings is 1. The maximum atomic E-state index is 12.4. The molecule has 1 unspecified atom stereocenters. The van der Waals surface area contributed by atoms with Crippen LogP contribution < -0.4 is 16.0 Å². The molecule has 0 spiro atoms. The van der Waals surface area contributed by atoms with Crippen molar-refractivity contribution in [3.05, 3.63) is 40.8 Å². The Bertz CT molecular complexity index is 656. The monoisotopic (exact) mass is 312 g/mol. The van der Waals surface area contributed by atoms with Gasteiger partial charge in [-0.25, -0.2) is 13.1 Å². The molecule has 4 N–H and O–H groups in total. The molecule has 0 aliphatic carbocycles. The Morgan fingerprint density at radius 3 is 2.85 bits per heavy atom. The largest absolute Gasteiger partial charge is 0.323 e. The third kappa shape index (κ3) is 3.15. The molecule has 1 atom stereocenters. The lowest BCUT2D eigenvalue weighted by Crippen LogP contribution is -2.29. The molecule has 2 aromatic heterocycles. The quantitative estimate of drug-likeness (QED) is 0.559. The summed E-state index contributed by atoms with van der Waals surface area (Å²) in [6.45, 7) is 1.93. The smallest absolute Gasteiger partial charge is 0.244 e. The minimum absolute atomic E-state index is 0.0394. The zero-order valence-corrected chi connectivity index (χ0v) is 12.5. The van der Waals surface area contributed by atoms with Gasteiger partial charge in [-0.1, -0.05) is 13.0 Å². The Morgan fingerprint density at radius 2 is 2.25 bits per heavy atom. The molecule has 0 saturated heterocycles. The van der Waals surface area contributed by atoms with Gasteiger partial charge in [-0.3, -0.25) is 10.8 Å². The molecule has 20 heavy (non-hydrogen) atoms. The molecule has 6 nitrogen and oxygen atoms in total. The molecule has 2 heterocycles. The summed E-state index contributed by atoms with van der Waals surface area (Å²) in [5.74, 6) is 5.34. The number of hydrogen-bond acceptors (Lipinski definition) is 6. The summed E-state index contributed by atoms with van der Waals surface area (Å²) in [7, 11) is -3.69. The minimum Gasteiger partial charge on any atom is -0.323 e. The van der Waals surface area contributed by atoms with Crippen LogP contribution in [0.15, 0.2) is 40.9 Å². The molecule has 8 heteroatoms. The Labute approximate surface area is 122 Å². The van der Waals surface area contributed by atoms with Crippen molar-refractivity contribution in [1.29, 1.82) is 0 Å². The predicted octanol–water partition coefficient (Wildman–Crippen LogP) is 1.86. The SMILES string of the molecule is CCC(NS(=O)(=O)c1cnccc1NN)c1cccs1. The molecule has 0 aromatic carbocycles. The number of anilines is 1. The number of rotatable bonds is 6. The van der Waals surface area contributed by atoms with Crippen molar-refractivity contribution in [3.63, 3.8) is 0 Å². The molecule has 0 aliphatic rings. The number of nitrogens with two attached hydrogens (primary N) is 1. The summed E-state index contributed by atoms with van der Waals surface area (Å²) < 4.78 is 27.6. The van der Waals surface area contributed by atoms with Gasteiger partial charge in [0.25, 0.3) is 0 Å². The highest BCUT2D eigenvalue weighted by Crippen LogP contribution is 2.26. The fourth-order valence-corrected chi connectivity index (χ4v) is 4.14. The predicted molar refractivity (Wildman–Crippen MR) is 79.7 cm³/mol. The van der Waals surface area contributed by atoms with E-state index < -0.39 is 10.0 Å². The van der Waals surface area contributed by atoms with Crippen LogP contribution in [0.5, 0.6) is 0 Å². The number of sulfonamides is 1. The Hall–Kier alpha value is -1.48. The third-order valence-electron chi connectivity index (χ3n) is 2.82. The van der Waals surface area contributed by atoms with Crippen LogP contribution in [0.25, 0.3) is 0 Å². The van der Waals surface area contributed by atoms with Crippen LogP contribution in [0.1, 0.15) is 24.3 Å². The lowest BCUT2D eigenvalue weighted by molar-refractivity contribution is 0.553. The molecule has 0 radical (unpaired) electrons. The molecule has 2 rings (SSSR count). The van der Waals surface area contributed by atoms with E-state index in [4.69, 9.17) is 5.84 Å². The zero-order chi connectivity index (χ0) is 14.6. The van der Waals surface area contributed by atoms with Crippen molar-refractivity contribution in [2.24, 2.45) is 5.84 Å². The fourth-order valence-electron chi connectivity index (χ4n) is 1.80. The number of thiophene rings is 1. The third-order valence-corrected chi connectivity index (χ3v) is 5.31. The Kier molecular flexibility index (Phi) is 4.71. The second-order valence-corrected chi connectivity index (χ2v) is 6.78. The number of nitrogens with one attached hydrogen (secondary N) is 2. The maximum absolute atomic E-state index is 12.4. The van der Waals surface area contributed by atoms with E-state index in [1.807, 2.05) is 24.4 Å². The molecule has 0 aliphatic heterocycles. The number of aromatic nitrogens is 1. The second-order valence-electron chi connectivity index (χ2n) is 4.11. The number of nitrogens with zero attached hydrogens (tertiary/aromatic N) is 1. The van der Waals surface area contributed by atoms with E-state index in [0.717, 1.165) is 4.88 Å². The summed E-state index contributed by atoms with van der Waals surface area (Å²) >= 11 is 1.52. The van der Waals surface area contributed by atoms with Crippen molar-refractivity contribution in [2.75, 3.05) is 5.43 Å². The van der Waals surface area contributed by atoms with E-state index in [-0.39, 0.29) is 10.9 Å². The van der Waals surface area contributed by atoms with Gasteiger partial charge in [-0.15, -0.1) is 11.3 Å². The first-order valence-corrected chi connectivity index (χ1v) is 8.41.